The van der Waals surface area contributed by atoms with Crippen LogP contribution in [-0.2, 0) is 6.54 Å². The van der Waals surface area contributed by atoms with Crippen LogP contribution in [0.5, 0.6) is 0 Å². The number of aliphatic imine (C=N–C) groups is 1. The van der Waals surface area contributed by atoms with Crippen molar-refractivity contribution in [2.75, 3.05) is 7.05 Å². The van der Waals surface area contributed by atoms with E-state index in [4.69, 9.17) is 4.52 Å². The van der Waals surface area contributed by atoms with Gasteiger partial charge in [0, 0.05) is 20.0 Å². The molecule has 0 aromatic carbocycles. The van der Waals surface area contributed by atoms with Crippen LogP contribution in [0.4, 0.5) is 0 Å². The fourth-order valence-electron chi connectivity index (χ4n) is 1.91. The van der Waals surface area contributed by atoms with Crippen LogP contribution in [0.1, 0.15) is 51.7 Å². The monoisotopic (exact) mass is 409 g/mol. The molecule has 1 aromatic rings. The van der Waals surface area contributed by atoms with E-state index in [0.717, 1.165) is 18.3 Å². The fraction of sp³-hybridized carbons (Fsp3) is 0.786. The van der Waals surface area contributed by atoms with E-state index in [2.05, 4.69) is 46.5 Å². The van der Waals surface area contributed by atoms with Gasteiger partial charge in [0.2, 0.25) is 5.89 Å². The summed E-state index contributed by atoms with van der Waals surface area (Å²) in [6.07, 6.45) is 3.63. The van der Waals surface area contributed by atoms with Gasteiger partial charge in [-0.3, -0.25) is 4.99 Å². The molecular formula is C14H28IN5O. The summed E-state index contributed by atoms with van der Waals surface area (Å²) >= 11 is 0. The first-order valence-electron chi connectivity index (χ1n) is 7.27. The number of hydrogen-bond acceptors (Lipinski definition) is 4. The predicted octanol–water partition coefficient (Wildman–Crippen LogP) is 2.88. The van der Waals surface area contributed by atoms with Gasteiger partial charge in [-0.05, 0) is 19.3 Å². The molecule has 0 spiro atoms. The van der Waals surface area contributed by atoms with E-state index >= 15 is 0 Å². The van der Waals surface area contributed by atoms with Gasteiger partial charge in [-0.25, -0.2) is 0 Å². The summed E-state index contributed by atoms with van der Waals surface area (Å²) in [6, 6.07) is 0.395. The van der Waals surface area contributed by atoms with E-state index in [-0.39, 0.29) is 24.0 Å². The van der Waals surface area contributed by atoms with Crippen LogP contribution in [0.3, 0.4) is 0 Å². The summed E-state index contributed by atoms with van der Waals surface area (Å²) in [4.78, 5) is 8.34. The zero-order valence-corrected chi connectivity index (χ0v) is 16.0. The lowest BCUT2D eigenvalue weighted by Gasteiger charge is -2.17. The Hall–Kier alpha value is -0.860. The van der Waals surface area contributed by atoms with Crippen molar-refractivity contribution in [3.8, 4) is 0 Å². The second-order valence-corrected chi connectivity index (χ2v) is 5.53. The van der Waals surface area contributed by atoms with Crippen molar-refractivity contribution in [2.45, 2.75) is 59.5 Å². The highest BCUT2D eigenvalue weighted by molar-refractivity contribution is 14.0. The molecule has 6 nitrogen and oxygen atoms in total. The zero-order valence-electron chi connectivity index (χ0n) is 13.6. The van der Waals surface area contributed by atoms with E-state index < -0.39 is 0 Å². The van der Waals surface area contributed by atoms with Crippen molar-refractivity contribution < 1.29 is 4.52 Å². The largest absolute Gasteiger partial charge is 0.354 e. The first-order chi connectivity index (χ1) is 9.51. The maximum atomic E-state index is 4.93. The summed E-state index contributed by atoms with van der Waals surface area (Å²) in [5, 5.41) is 10.4. The van der Waals surface area contributed by atoms with E-state index in [1.807, 2.05) is 0 Å². The molecule has 0 radical (unpaired) electrons. The van der Waals surface area contributed by atoms with Crippen molar-refractivity contribution >= 4 is 29.9 Å². The molecule has 1 unspecified atom stereocenters. The van der Waals surface area contributed by atoms with Gasteiger partial charge in [0.1, 0.15) is 0 Å². The van der Waals surface area contributed by atoms with Crippen LogP contribution < -0.4 is 10.6 Å². The Labute approximate surface area is 144 Å². The molecule has 0 amide bonds. The number of halogens is 1. The van der Waals surface area contributed by atoms with E-state index in [0.29, 0.717) is 24.3 Å². The predicted molar refractivity (Wildman–Crippen MR) is 95.9 cm³/mol. The summed E-state index contributed by atoms with van der Waals surface area (Å²) < 4.78 is 4.93. The molecule has 1 rings (SSSR count). The quantitative estimate of drug-likeness (QED) is 0.412. The first kappa shape index (κ1) is 20.1. The molecule has 0 saturated carbocycles. The lowest BCUT2D eigenvalue weighted by atomic mass is 10.0. The smallest absolute Gasteiger partial charge is 0.223 e. The lowest BCUT2D eigenvalue weighted by Crippen LogP contribution is -2.42. The lowest BCUT2D eigenvalue weighted by molar-refractivity contribution is 0.386. The van der Waals surface area contributed by atoms with E-state index in [1.54, 1.807) is 14.0 Å². The Kier molecular flexibility index (Phi) is 10.4. The molecule has 0 saturated heterocycles. The molecule has 0 aliphatic carbocycles. The van der Waals surface area contributed by atoms with Crippen LogP contribution in [-0.4, -0.2) is 29.2 Å². The SMILES string of the molecule is CN=C(NCc1noc(C)n1)NC(C)CCCC(C)C.I. The maximum Gasteiger partial charge on any atom is 0.223 e. The van der Waals surface area contributed by atoms with Crippen LogP contribution >= 0.6 is 24.0 Å². The number of nitrogens with zero attached hydrogens (tertiary/aromatic N) is 3. The average Bonchev–Trinajstić information content (AvgIpc) is 2.79. The van der Waals surface area contributed by atoms with Crippen LogP contribution in [0, 0.1) is 12.8 Å². The molecule has 0 aliphatic rings. The first-order valence-corrected chi connectivity index (χ1v) is 7.27. The summed E-state index contributed by atoms with van der Waals surface area (Å²) in [7, 11) is 1.76. The molecule has 7 heteroatoms. The van der Waals surface area contributed by atoms with Crippen molar-refractivity contribution in [1.82, 2.24) is 20.8 Å². The van der Waals surface area contributed by atoms with Crippen LogP contribution in [0.15, 0.2) is 9.52 Å². The van der Waals surface area contributed by atoms with Crippen LogP contribution in [0.25, 0.3) is 0 Å². The third-order valence-corrected chi connectivity index (χ3v) is 3.01. The van der Waals surface area contributed by atoms with Crippen molar-refractivity contribution in [2.24, 2.45) is 10.9 Å². The summed E-state index contributed by atoms with van der Waals surface area (Å²) in [5.74, 6) is 2.75. The Morgan fingerprint density at radius 1 is 1.29 bits per heavy atom. The summed E-state index contributed by atoms with van der Waals surface area (Å²) in [5.41, 5.74) is 0. The van der Waals surface area contributed by atoms with Crippen molar-refractivity contribution in [1.29, 1.82) is 0 Å². The van der Waals surface area contributed by atoms with Gasteiger partial charge in [-0.15, -0.1) is 24.0 Å². The van der Waals surface area contributed by atoms with Gasteiger partial charge in [0.05, 0.1) is 6.54 Å². The number of nitrogens with one attached hydrogen (secondary N) is 2. The van der Waals surface area contributed by atoms with E-state index in [1.165, 1.54) is 12.8 Å². The highest BCUT2D eigenvalue weighted by atomic mass is 127. The highest BCUT2D eigenvalue weighted by Gasteiger charge is 2.07. The average molecular weight is 409 g/mol. The third-order valence-electron chi connectivity index (χ3n) is 3.01. The third kappa shape index (κ3) is 8.90. The van der Waals surface area contributed by atoms with Gasteiger partial charge in [-0.1, -0.05) is 31.8 Å². The normalized spacial score (nSPS) is 13.0. The molecule has 21 heavy (non-hydrogen) atoms. The second kappa shape index (κ2) is 10.8. The fourth-order valence-corrected chi connectivity index (χ4v) is 1.91. The Balaban J connectivity index is 0.00000400. The topological polar surface area (TPSA) is 75.3 Å². The minimum Gasteiger partial charge on any atom is -0.354 e. The van der Waals surface area contributed by atoms with Gasteiger partial charge in [0.15, 0.2) is 11.8 Å². The van der Waals surface area contributed by atoms with Crippen molar-refractivity contribution in [3.63, 3.8) is 0 Å². The van der Waals surface area contributed by atoms with Crippen molar-refractivity contribution in [3.05, 3.63) is 11.7 Å². The molecule has 122 valence electrons. The number of hydrogen-bond donors (Lipinski definition) is 2. The number of aromatic nitrogens is 2. The second-order valence-electron chi connectivity index (χ2n) is 5.53. The zero-order chi connectivity index (χ0) is 15.0. The molecule has 1 aromatic heterocycles. The maximum absolute atomic E-state index is 4.93. The molecule has 1 atom stereocenters. The molecule has 0 fully saturated rings. The molecular weight excluding hydrogens is 381 g/mol. The highest BCUT2D eigenvalue weighted by Crippen LogP contribution is 2.08. The Bertz CT molecular complexity index is 419. The number of aryl methyl sites for hydroxylation is 1. The molecule has 0 aliphatic heterocycles. The van der Waals surface area contributed by atoms with Gasteiger partial charge >= 0.3 is 0 Å². The van der Waals surface area contributed by atoms with Gasteiger partial charge < -0.3 is 15.2 Å². The number of guanidine groups is 1. The molecule has 0 bridgehead atoms. The van der Waals surface area contributed by atoms with E-state index in [9.17, 15) is 0 Å². The molecule has 1 heterocycles. The van der Waals surface area contributed by atoms with Crippen LogP contribution in [0.2, 0.25) is 0 Å². The minimum absolute atomic E-state index is 0. The Morgan fingerprint density at radius 2 is 2.00 bits per heavy atom. The number of rotatable bonds is 7. The summed E-state index contributed by atoms with van der Waals surface area (Å²) in [6.45, 7) is 8.97. The van der Waals surface area contributed by atoms with Gasteiger partial charge in [-0.2, -0.15) is 4.98 Å². The van der Waals surface area contributed by atoms with Gasteiger partial charge in [0.25, 0.3) is 0 Å². The standard InChI is InChI=1S/C14H27N5O.HI/c1-10(2)7-6-8-11(3)17-14(15-5)16-9-13-18-12(4)20-19-13;/h10-11H,6-9H2,1-5H3,(H2,15,16,17);1H. The minimum atomic E-state index is 0. The Morgan fingerprint density at radius 3 is 2.52 bits per heavy atom. The molecule has 2 N–H and O–H groups in total.